The minimum atomic E-state index is 0.347. The number of nitrogens with zero attached hydrogens (tertiary/aromatic N) is 2. The van der Waals surface area contributed by atoms with Crippen LogP contribution in [0.1, 0.15) is 43.2 Å². The van der Waals surface area contributed by atoms with Gasteiger partial charge in [-0.15, -0.1) is 0 Å². The number of unbranched alkanes of at least 4 members (excludes halogenated alkanes) is 1. The Morgan fingerprint density at radius 2 is 2.00 bits per heavy atom. The average Bonchev–Trinajstić information content (AvgIpc) is 2.50. The molecule has 0 unspecified atom stereocenters. The van der Waals surface area contributed by atoms with E-state index < -0.39 is 0 Å². The Morgan fingerprint density at radius 1 is 1.17 bits per heavy atom. The fourth-order valence-corrected chi connectivity index (χ4v) is 2.70. The molecular formula is C9H16N2Se. The molecule has 0 spiro atoms. The normalized spacial score (nSPS) is 10.5. The van der Waals surface area contributed by atoms with Gasteiger partial charge in [-0.3, -0.25) is 0 Å². The van der Waals surface area contributed by atoms with Gasteiger partial charge in [0.15, 0.2) is 0 Å². The summed E-state index contributed by atoms with van der Waals surface area (Å²) in [5.74, 6) is 0. The van der Waals surface area contributed by atoms with Crippen molar-refractivity contribution in [2.45, 2.75) is 46.0 Å². The van der Waals surface area contributed by atoms with Crippen LogP contribution in [0.5, 0.6) is 0 Å². The van der Waals surface area contributed by atoms with Gasteiger partial charge in [0, 0.05) is 0 Å². The van der Waals surface area contributed by atoms with Crippen LogP contribution in [0.4, 0.5) is 0 Å². The molecule has 0 aliphatic heterocycles. The summed E-state index contributed by atoms with van der Waals surface area (Å²) in [7, 11) is 0. The van der Waals surface area contributed by atoms with Crippen LogP contribution in [-0.2, 0) is 12.8 Å². The first-order chi connectivity index (χ1) is 5.88. The van der Waals surface area contributed by atoms with Gasteiger partial charge in [0.25, 0.3) is 0 Å². The van der Waals surface area contributed by atoms with Crippen LogP contribution in [0.2, 0.25) is 0 Å². The van der Waals surface area contributed by atoms with Crippen LogP contribution < -0.4 is 0 Å². The zero-order valence-electron chi connectivity index (χ0n) is 7.84. The minimum absolute atomic E-state index is 0.347. The molecule has 0 fully saturated rings. The van der Waals surface area contributed by atoms with E-state index in [1.165, 1.54) is 31.4 Å². The van der Waals surface area contributed by atoms with Crippen molar-refractivity contribution in [1.29, 1.82) is 0 Å². The van der Waals surface area contributed by atoms with Gasteiger partial charge in [0.05, 0.1) is 0 Å². The van der Waals surface area contributed by atoms with Crippen molar-refractivity contribution >= 4 is 14.7 Å². The van der Waals surface area contributed by atoms with Crippen molar-refractivity contribution in [3.8, 4) is 0 Å². The summed E-state index contributed by atoms with van der Waals surface area (Å²) in [6.07, 6.45) is 6.14. The Morgan fingerprint density at radius 3 is 2.67 bits per heavy atom. The van der Waals surface area contributed by atoms with Crippen LogP contribution in [0.3, 0.4) is 0 Å². The summed E-state index contributed by atoms with van der Waals surface area (Å²) in [5.41, 5.74) is 1.30. The number of aromatic nitrogens is 2. The van der Waals surface area contributed by atoms with Crippen molar-refractivity contribution in [3.05, 3.63) is 10.1 Å². The van der Waals surface area contributed by atoms with Gasteiger partial charge in [0.2, 0.25) is 0 Å². The van der Waals surface area contributed by atoms with Crippen molar-refractivity contribution in [1.82, 2.24) is 9.19 Å². The van der Waals surface area contributed by atoms with Crippen molar-refractivity contribution in [2.75, 3.05) is 0 Å². The molecule has 0 aliphatic carbocycles. The van der Waals surface area contributed by atoms with Gasteiger partial charge >= 0.3 is 80.0 Å². The second-order valence-corrected chi connectivity index (χ2v) is 4.76. The van der Waals surface area contributed by atoms with E-state index in [-0.39, 0.29) is 0 Å². The molecule has 0 aromatic carbocycles. The van der Waals surface area contributed by atoms with E-state index in [0.717, 1.165) is 6.42 Å². The summed E-state index contributed by atoms with van der Waals surface area (Å²) in [6.45, 7) is 4.43. The quantitative estimate of drug-likeness (QED) is 0.722. The van der Waals surface area contributed by atoms with Gasteiger partial charge in [0.1, 0.15) is 0 Å². The molecule has 2 nitrogen and oxygen atoms in total. The first-order valence-corrected chi connectivity index (χ1v) is 6.30. The molecule has 1 aromatic heterocycles. The third-order valence-electron chi connectivity index (χ3n) is 1.88. The Labute approximate surface area is 80.4 Å². The molecule has 0 aliphatic rings. The third kappa shape index (κ3) is 2.72. The Kier molecular flexibility index (Phi) is 4.55. The molecule has 1 rings (SSSR count). The number of hydrogen-bond donors (Lipinski definition) is 0. The van der Waals surface area contributed by atoms with E-state index in [9.17, 15) is 0 Å². The Balaban J connectivity index is 2.51. The SMILES string of the molecule is CCCCc1[se]nnc1CCC. The molecule has 1 aromatic rings. The second-order valence-electron chi connectivity index (χ2n) is 3.00. The number of rotatable bonds is 5. The summed E-state index contributed by atoms with van der Waals surface area (Å²) < 4.78 is 5.68. The van der Waals surface area contributed by atoms with Crippen LogP contribution >= 0.6 is 0 Å². The predicted octanol–water partition coefficient (Wildman–Crippen LogP) is 1.83. The average molecular weight is 231 g/mol. The maximum atomic E-state index is 4.19. The topological polar surface area (TPSA) is 25.8 Å². The van der Waals surface area contributed by atoms with Gasteiger partial charge < -0.3 is 0 Å². The third-order valence-corrected chi connectivity index (χ3v) is 3.61. The molecule has 0 atom stereocenters. The van der Waals surface area contributed by atoms with Crippen molar-refractivity contribution in [2.24, 2.45) is 0 Å². The van der Waals surface area contributed by atoms with Crippen molar-refractivity contribution in [3.63, 3.8) is 0 Å². The van der Waals surface area contributed by atoms with E-state index in [1.807, 2.05) is 0 Å². The van der Waals surface area contributed by atoms with E-state index >= 15 is 0 Å². The van der Waals surface area contributed by atoms with E-state index in [0.29, 0.717) is 14.7 Å². The maximum absolute atomic E-state index is 4.19. The Bertz CT molecular complexity index is 220. The van der Waals surface area contributed by atoms with Crippen LogP contribution in [0, 0.1) is 0 Å². The molecule has 0 saturated carbocycles. The summed E-state index contributed by atoms with van der Waals surface area (Å²) in [6, 6.07) is 0. The van der Waals surface area contributed by atoms with Gasteiger partial charge in [-0.2, -0.15) is 0 Å². The van der Waals surface area contributed by atoms with Gasteiger partial charge in [-0.1, -0.05) is 0 Å². The standard InChI is InChI=1S/C9H16N2Se/c1-3-5-7-9-8(6-4-2)10-11-12-9/h3-7H2,1-2H3. The van der Waals surface area contributed by atoms with Gasteiger partial charge in [-0.25, -0.2) is 0 Å². The van der Waals surface area contributed by atoms with E-state index in [1.54, 1.807) is 4.44 Å². The molecule has 12 heavy (non-hydrogen) atoms. The molecule has 0 bridgehead atoms. The fourth-order valence-electron chi connectivity index (χ4n) is 1.18. The summed E-state index contributed by atoms with van der Waals surface area (Å²) in [5, 5.41) is 4.19. The fraction of sp³-hybridized carbons (Fsp3) is 0.778. The van der Waals surface area contributed by atoms with E-state index in [4.69, 9.17) is 0 Å². The predicted molar refractivity (Wildman–Crippen MR) is 51.6 cm³/mol. The van der Waals surface area contributed by atoms with Crippen LogP contribution in [-0.4, -0.2) is 23.9 Å². The second kappa shape index (κ2) is 5.50. The monoisotopic (exact) mass is 232 g/mol. The molecular weight excluding hydrogens is 215 g/mol. The molecule has 0 radical (unpaired) electrons. The molecule has 3 heteroatoms. The zero-order chi connectivity index (χ0) is 8.81. The molecule has 1 heterocycles. The number of hydrogen-bond acceptors (Lipinski definition) is 2. The van der Waals surface area contributed by atoms with Crippen LogP contribution in [0.25, 0.3) is 0 Å². The summed E-state index contributed by atoms with van der Waals surface area (Å²) >= 11 is 0.347. The van der Waals surface area contributed by atoms with Crippen LogP contribution in [0.15, 0.2) is 0 Å². The zero-order valence-corrected chi connectivity index (χ0v) is 9.55. The first-order valence-electron chi connectivity index (χ1n) is 4.68. The number of aryl methyl sites for hydroxylation is 2. The molecule has 0 saturated heterocycles. The molecule has 0 N–H and O–H groups in total. The van der Waals surface area contributed by atoms with Crippen molar-refractivity contribution < 1.29 is 0 Å². The summed E-state index contributed by atoms with van der Waals surface area (Å²) in [4.78, 5) is 0. The molecule has 68 valence electrons. The first kappa shape index (κ1) is 9.94. The van der Waals surface area contributed by atoms with Gasteiger partial charge in [-0.05, 0) is 0 Å². The Hall–Kier alpha value is -0.141. The molecule has 0 amide bonds. The van der Waals surface area contributed by atoms with E-state index in [2.05, 4.69) is 23.0 Å².